The van der Waals surface area contributed by atoms with E-state index in [9.17, 15) is 0 Å². The van der Waals surface area contributed by atoms with Crippen LogP contribution in [0.15, 0.2) is 0 Å². The third-order valence-electron chi connectivity index (χ3n) is 3.45. The lowest BCUT2D eigenvalue weighted by Crippen LogP contribution is -2.08. The maximum absolute atomic E-state index is 2.36. The number of hydrogen-bond donors (Lipinski definition) is 0. The van der Waals surface area contributed by atoms with Crippen LogP contribution in [0, 0.1) is 5.92 Å². The van der Waals surface area contributed by atoms with E-state index in [1.54, 1.807) is 0 Å². The fraction of sp³-hybridized carbons (Fsp3) is 1.00. The van der Waals surface area contributed by atoms with E-state index < -0.39 is 0 Å². The van der Waals surface area contributed by atoms with Crippen LogP contribution < -0.4 is 0 Å². The van der Waals surface area contributed by atoms with Crippen molar-refractivity contribution in [2.45, 2.75) is 84.3 Å². The average Bonchev–Trinajstić information content (AvgIpc) is 2.33. The van der Waals surface area contributed by atoms with E-state index in [4.69, 9.17) is 0 Å². The maximum Gasteiger partial charge on any atom is 0.00445 e. The van der Waals surface area contributed by atoms with Crippen molar-refractivity contribution in [1.29, 1.82) is 0 Å². The van der Waals surface area contributed by atoms with Crippen LogP contribution in [-0.4, -0.2) is 11.0 Å². The Bertz CT molecular complexity index is 117. The van der Waals surface area contributed by atoms with Crippen molar-refractivity contribution in [3.8, 4) is 0 Å². The van der Waals surface area contributed by atoms with E-state index in [0.717, 1.165) is 11.2 Å². The van der Waals surface area contributed by atoms with E-state index in [-0.39, 0.29) is 0 Å². The number of unbranched alkanes of at least 4 members (excludes halogenated alkanes) is 2. The van der Waals surface area contributed by atoms with Gasteiger partial charge in [0.05, 0.1) is 0 Å². The van der Waals surface area contributed by atoms with Gasteiger partial charge in [-0.3, -0.25) is 0 Å². The number of hydrogen-bond acceptors (Lipinski definition) is 1. The highest BCUT2D eigenvalue weighted by Gasteiger charge is 2.11. The summed E-state index contributed by atoms with van der Waals surface area (Å²) < 4.78 is 0. The normalized spacial score (nSPS) is 15.0. The van der Waals surface area contributed by atoms with Crippen LogP contribution in [0.3, 0.4) is 0 Å². The van der Waals surface area contributed by atoms with Crippen molar-refractivity contribution >= 4 is 11.8 Å². The summed E-state index contributed by atoms with van der Waals surface area (Å²) >= 11 is 2.24. The molecule has 0 N–H and O–H groups in total. The Morgan fingerprint density at radius 3 is 1.94 bits per heavy atom. The van der Waals surface area contributed by atoms with E-state index in [2.05, 4.69) is 39.5 Å². The van der Waals surface area contributed by atoms with Crippen molar-refractivity contribution in [2.75, 3.05) is 5.75 Å². The average molecular weight is 244 g/mol. The van der Waals surface area contributed by atoms with Crippen LogP contribution in [-0.2, 0) is 0 Å². The van der Waals surface area contributed by atoms with Gasteiger partial charge in [-0.15, -0.1) is 0 Å². The van der Waals surface area contributed by atoms with Gasteiger partial charge in [0.2, 0.25) is 0 Å². The Morgan fingerprint density at radius 2 is 1.44 bits per heavy atom. The molecule has 0 amide bonds. The minimum absolute atomic E-state index is 0.927. The summed E-state index contributed by atoms with van der Waals surface area (Å²) in [5, 5.41) is 0.927. The lowest BCUT2D eigenvalue weighted by Gasteiger charge is -2.19. The summed E-state index contributed by atoms with van der Waals surface area (Å²) in [7, 11) is 0. The third-order valence-corrected chi connectivity index (χ3v) is 5.15. The zero-order valence-electron chi connectivity index (χ0n) is 11.9. The van der Waals surface area contributed by atoms with Gasteiger partial charge >= 0.3 is 0 Å². The summed E-state index contributed by atoms with van der Waals surface area (Å²) in [6.45, 7) is 9.30. The highest BCUT2D eigenvalue weighted by atomic mass is 32.2. The highest BCUT2D eigenvalue weighted by Crippen LogP contribution is 2.26. The monoisotopic (exact) mass is 244 g/mol. The Labute approximate surface area is 108 Å². The molecule has 0 aliphatic rings. The predicted molar refractivity (Wildman–Crippen MR) is 79.4 cm³/mol. The molecule has 0 saturated carbocycles. The van der Waals surface area contributed by atoms with Gasteiger partial charge in [-0.1, -0.05) is 59.8 Å². The van der Waals surface area contributed by atoms with Crippen LogP contribution in [0.2, 0.25) is 0 Å². The summed E-state index contributed by atoms with van der Waals surface area (Å²) in [4.78, 5) is 0. The first-order chi connectivity index (χ1) is 7.78. The molecule has 0 fully saturated rings. The largest absolute Gasteiger partial charge is 0.158 e. The third kappa shape index (κ3) is 8.50. The molecular weight excluding hydrogens is 212 g/mol. The smallest absolute Gasteiger partial charge is 0.00445 e. The highest BCUT2D eigenvalue weighted by molar-refractivity contribution is 7.99. The second-order valence-electron chi connectivity index (χ2n) is 4.92. The zero-order chi connectivity index (χ0) is 12.2. The summed E-state index contributed by atoms with van der Waals surface area (Å²) in [5.41, 5.74) is 0. The molecule has 0 rings (SSSR count). The molecule has 0 aliphatic heterocycles. The molecule has 0 nitrogen and oxygen atoms in total. The Kier molecular flexibility index (Phi) is 12.1. The lowest BCUT2D eigenvalue weighted by molar-refractivity contribution is 0.498. The van der Waals surface area contributed by atoms with Crippen LogP contribution in [0.1, 0.15) is 79.1 Å². The van der Waals surface area contributed by atoms with E-state index >= 15 is 0 Å². The van der Waals surface area contributed by atoms with Crippen molar-refractivity contribution in [2.24, 2.45) is 5.92 Å². The van der Waals surface area contributed by atoms with Gasteiger partial charge in [-0.2, -0.15) is 11.8 Å². The summed E-state index contributed by atoms with van der Waals surface area (Å²) in [6, 6.07) is 0. The molecule has 0 aromatic heterocycles. The SMILES string of the molecule is CCCCC(CC)CSC(CC)CCCC. The van der Waals surface area contributed by atoms with Gasteiger partial charge in [-0.05, 0) is 30.9 Å². The van der Waals surface area contributed by atoms with Crippen molar-refractivity contribution in [3.05, 3.63) is 0 Å². The Morgan fingerprint density at radius 1 is 0.812 bits per heavy atom. The maximum atomic E-state index is 2.36. The second-order valence-corrected chi connectivity index (χ2v) is 6.26. The van der Waals surface area contributed by atoms with E-state index in [1.165, 1.54) is 57.1 Å². The zero-order valence-corrected chi connectivity index (χ0v) is 12.7. The van der Waals surface area contributed by atoms with Crippen molar-refractivity contribution < 1.29 is 0 Å². The quantitative estimate of drug-likeness (QED) is 0.436. The molecule has 1 heteroatoms. The molecule has 0 bridgehead atoms. The van der Waals surface area contributed by atoms with Crippen molar-refractivity contribution in [1.82, 2.24) is 0 Å². The number of rotatable bonds is 11. The van der Waals surface area contributed by atoms with E-state index in [0.29, 0.717) is 0 Å². The second kappa shape index (κ2) is 11.8. The van der Waals surface area contributed by atoms with Gasteiger partial charge in [0.1, 0.15) is 0 Å². The minimum Gasteiger partial charge on any atom is -0.158 e. The molecule has 2 atom stereocenters. The molecule has 0 aliphatic carbocycles. The first-order valence-corrected chi connectivity index (χ1v) is 8.44. The molecule has 0 aromatic carbocycles. The first kappa shape index (κ1) is 16.4. The standard InChI is InChI=1S/C15H32S/c1-5-9-11-14(7-3)13-16-15(8-4)12-10-6-2/h14-15H,5-13H2,1-4H3. The van der Waals surface area contributed by atoms with Crippen LogP contribution in [0.4, 0.5) is 0 Å². The molecule has 0 aromatic rings. The molecule has 0 radical (unpaired) electrons. The molecule has 0 heterocycles. The topological polar surface area (TPSA) is 0 Å². The number of thioether (sulfide) groups is 1. The first-order valence-electron chi connectivity index (χ1n) is 7.39. The summed E-state index contributed by atoms with van der Waals surface area (Å²) in [6.07, 6.45) is 11.2. The van der Waals surface area contributed by atoms with E-state index in [1.807, 2.05) is 0 Å². The molecule has 0 spiro atoms. The van der Waals surface area contributed by atoms with Gasteiger partial charge < -0.3 is 0 Å². The van der Waals surface area contributed by atoms with Gasteiger partial charge in [0.25, 0.3) is 0 Å². The lowest BCUT2D eigenvalue weighted by atomic mass is 10.0. The predicted octanol–water partition coefficient (Wildman–Crippen LogP) is 5.90. The van der Waals surface area contributed by atoms with Crippen LogP contribution in [0.5, 0.6) is 0 Å². The molecule has 2 unspecified atom stereocenters. The Balaban J connectivity index is 3.69. The molecular formula is C15H32S. The Hall–Kier alpha value is 0.350. The van der Waals surface area contributed by atoms with Crippen LogP contribution in [0.25, 0.3) is 0 Å². The fourth-order valence-electron chi connectivity index (χ4n) is 2.01. The molecule has 0 saturated heterocycles. The van der Waals surface area contributed by atoms with Crippen molar-refractivity contribution in [3.63, 3.8) is 0 Å². The molecule has 16 heavy (non-hydrogen) atoms. The van der Waals surface area contributed by atoms with Crippen LogP contribution >= 0.6 is 11.8 Å². The van der Waals surface area contributed by atoms with Gasteiger partial charge in [-0.25, -0.2) is 0 Å². The van der Waals surface area contributed by atoms with Gasteiger partial charge in [0, 0.05) is 5.25 Å². The fourth-order valence-corrected chi connectivity index (χ4v) is 3.52. The van der Waals surface area contributed by atoms with Gasteiger partial charge in [0.15, 0.2) is 0 Å². The summed E-state index contributed by atoms with van der Waals surface area (Å²) in [5.74, 6) is 2.37. The minimum atomic E-state index is 0.927. The molecule has 98 valence electrons.